The predicted octanol–water partition coefficient (Wildman–Crippen LogP) is 5.07. The monoisotopic (exact) mass is 385 g/mol. The van der Waals surface area contributed by atoms with Crippen molar-refractivity contribution in [2.45, 2.75) is 26.3 Å². The van der Waals surface area contributed by atoms with Crippen LogP contribution in [0, 0.1) is 0 Å². The minimum Gasteiger partial charge on any atom is -0.493 e. The van der Waals surface area contributed by atoms with Crippen LogP contribution in [0.3, 0.4) is 0 Å². The van der Waals surface area contributed by atoms with Gasteiger partial charge in [-0.05, 0) is 23.6 Å². The van der Waals surface area contributed by atoms with Crippen molar-refractivity contribution < 1.29 is 14.3 Å². The predicted molar refractivity (Wildman–Crippen MR) is 113 cm³/mol. The second kappa shape index (κ2) is 8.31. The molecule has 0 radical (unpaired) electrons. The van der Waals surface area contributed by atoms with E-state index in [9.17, 15) is 9.59 Å². The molecule has 1 heterocycles. The first-order valence-electron chi connectivity index (χ1n) is 9.91. The van der Waals surface area contributed by atoms with Gasteiger partial charge >= 0.3 is 0 Å². The van der Waals surface area contributed by atoms with Crippen molar-refractivity contribution in [2.24, 2.45) is 0 Å². The third-order valence-corrected chi connectivity index (χ3v) is 5.16. The fourth-order valence-corrected chi connectivity index (χ4v) is 3.78. The number of likely N-dealkylation sites (tertiary alicyclic amines) is 1. The van der Waals surface area contributed by atoms with E-state index in [0.717, 1.165) is 33.6 Å². The molecule has 0 aliphatic carbocycles. The number of hydrogen-bond acceptors (Lipinski definition) is 3. The summed E-state index contributed by atoms with van der Waals surface area (Å²) >= 11 is 0. The number of amides is 2. The van der Waals surface area contributed by atoms with Crippen molar-refractivity contribution in [3.05, 3.63) is 78.4 Å². The van der Waals surface area contributed by atoms with Crippen molar-refractivity contribution in [1.29, 1.82) is 0 Å². The molecule has 3 aromatic rings. The maximum atomic E-state index is 12.2. The van der Waals surface area contributed by atoms with Crippen LogP contribution in [0.2, 0.25) is 0 Å². The third-order valence-electron chi connectivity index (χ3n) is 5.16. The second-order valence-corrected chi connectivity index (χ2v) is 7.02. The summed E-state index contributed by atoms with van der Waals surface area (Å²) in [5.41, 5.74) is 5.01. The number of rotatable bonds is 6. The summed E-state index contributed by atoms with van der Waals surface area (Å²) in [4.78, 5) is 25.7. The first-order valence-corrected chi connectivity index (χ1v) is 9.91. The normalized spacial score (nSPS) is 13.8. The van der Waals surface area contributed by atoms with Gasteiger partial charge in [0.25, 0.3) is 0 Å². The number of benzene rings is 3. The number of carbonyl (C=O) groups is 2. The van der Waals surface area contributed by atoms with E-state index in [1.807, 2.05) is 49.4 Å². The zero-order valence-corrected chi connectivity index (χ0v) is 16.4. The van der Waals surface area contributed by atoms with Gasteiger partial charge in [0.1, 0.15) is 5.75 Å². The van der Waals surface area contributed by atoms with Gasteiger partial charge in [0.15, 0.2) is 0 Å². The van der Waals surface area contributed by atoms with Crippen LogP contribution in [0.15, 0.2) is 72.8 Å². The molecule has 29 heavy (non-hydrogen) atoms. The molecule has 1 aliphatic rings. The highest BCUT2D eigenvalue weighted by Gasteiger charge is 2.30. The number of hydrogen-bond donors (Lipinski definition) is 0. The molecular weight excluding hydrogens is 362 g/mol. The lowest BCUT2D eigenvalue weighted by Crippen LogP contribution is -2.28. The Balaban J connectivity index is 1.90. The Kier molecular flexibility index (Phi) is 5.43. The summed E-state index contributed by atoms with van der Waals surface area (Å²) in [6.45, 7) is 2.68. The third kappa shape index (κ3) is 3.79. The van der Waals surface area contributed by atoms with Crippen LogP contribution in [0.4, 0.5) is 0 Å². The molecule has 1 fully saturated rings. The summed E-state index contributed by atoms with van der Waals surface area (Å²) in [6, 6.07) is 24.3. The molecule has 2 amide bonds. The Morgan fingerprint density at radius 2 is 1.38 bits per heavy atom. The lowest BCUT2D eigenvalue weighted by Gasteiger charge is -2.22. The van der Waals surface area contributed by atoms with Gasteiger partial charge in [-0.3, -0.25) is 14.5 Å². The Bertz CT molecular complexity index is 1010. The fourth-order valence-electron chi connectivity index (χ4n) is 3.78. The molecule has 0 bridgehead atoms. The van der Waals surface area contributed by atoms with Crippen molar-refractivity contribution in [3.8, 4) is 28.0 Å². The van der Waals surface area contributed by atoms with Crippen LogP contribution in [0.1, 0.15) is 25.3 Å². The molecule has 0 atom stereocenters. The Morgan fingerprint density at radius 3 is 1.97 bits per heavy atom. The largest absolute Gasteiger partial charge is 0.493 e. The molecule has 146 valence electrons. The fraction of sp³-hybridized carbons (Fsp3) is 0.200. The quantitative estimate of drug-likeness (QED) is 0.557. The highest BCUT2D eigenvalue weighted by atomic mass is 16.5. The van der Waals surface area contributed by atoms with E-state index in [-0.39, 0.29) is 31.2 Å². The molecule has 0 N–H and O–H groups in total. The van der Waals surface area contributed by atoms with Gasteiger partial charge < -0.3 is 4.74 Å². The Hall–Kier alpha value is -3.40. The van der Waals surface area contributed by atoms with Gasteiger partial charge in [0.05, 0.1) is 13.2 Å². The van der Waals surface area contributed by atoms with Crippen LogP contribution in [0.5, 0.6) is 5.75 Å². The van der Waals surface area contributed by atoms with E-state index in [1.54, 1.807) is 0 Å². The van der Waals surface area contributed by atoms with Gasteiger partial charge in [-0.2, -0.15) is 0 Å². The van der Waals surface area contributed by atoms with Crippen LogP contribution in [-0.2, 0) is 16.1 Å². The molecular formula is C25H23NO3. The summed E-state index contributed by atoms with van der Waals surface area (Å²) in [5, 5.41) is 0. The van der Waals surface area contributed by atoms with E-state index in [2.05, 4.69) is 30.3 Å². The van der Waals surface area contributed by atoms with Gasteiger partial charge in [-0.25, -0.2) is 0 Å². The molecule has 4 rings (SSSR count). The van der Waals surface area contributed by atoms with Crippen molar-refractivity contribution >= 4 is 11.8 Å². The zero-order valence-electron chi connectivity index (χ0n) is 16.4. The smallest absolute Gasteiger partial charge is 0.230 e. The standard InChI is InChI=1S/C25H23NO3/c1-2-29-25-20(17-26-22(27)15-16-23(26)28)13-14-21(18-9-5-3-6-10-18)24(25)19-11-7-4-8-12-19/h3-14H,2,15-17H2,1H3. The van der Waals surface area contributed by atoms with Crippen molar-refractivity contribution in [1.82, 2.24) is 4.90 Å². The lowest BCUT2D eigenvalue weighted by molar-refractivity contribution is -0.139. The number of imide groups is 1. The Labute approximate surface area is 170 Å². The maximum absolute atomic E-state index is 12.2. The number of nitrogens with zero attached hydrogens (tertiary/aromatic N) is 1. The van der Waals surface area contributed by atoms with Gasteiger partial charge in [-0.15, -0.1) is 0 Å². The minimum absolute atomic E-state index is 0.120. The van der Waals surface area contributed by atoms with Crippen molar-refractivity contribution in [3.63, 3.8) is 0 Å². The van der Waals surface area contributed by atoms with Crippen LogP contribution in [-0.4, -0.2) is 23.3 Å². The molecule has 0 unspecified atom stereocenters. The van der Waals surface area contributed by atoms with Gasteiger partial charge in [0.2, 0.25) is 11.8 Å². The Morgan fingerprint density at radius 1 is 0.793 bits per heavy atom. The molecule has 3 aromatic carbocycles. The van der Waals surface area contributed by atoms with E-state index < -0.39 is 0 Å². The van der Waals surface area contributed by atoms with E-state index in [1.165, 1.54) is 4.90 Å². The number of carbonyl (C=O) groups excluding carboxylic acids is 2. The molecule has 1 aliphatic heterocycles. The summed E-state index contributed by atoms with van der Waals surface area (Å²) in [6.07, 6.45) is 0.576. The molecule has 0 aromatic heterocycles. The average Bonchev–Trinajstić information content (AvgIpc) is 3.08. The topological polar surface area (TPSA) is 46.6 Å². The summed E-state index contributed by atoms with van der Waals surface area (Å²) in [5.74, 6) is 0.490. The summed E-state index contributed by atoms with van der Waals surface area (Å²) < 4.78 is 6.12. The van der Waals surface area contributed by atoms with Gasteiger partial charge in [-0.1, -0.05) is 72.8 Å². The SMILES string of the molecule is CCOc1c(CN2C(=O)CCC2=O)ccc(-c2ccccc2)c1-c1ccccc1. The van der Waals surface area contributed by atoms with E-state index in [4.69, 9.17) is 4.74 Å². The average molecular weight is 385 g/mol. The number of ether oxygens (including phenoxy) is 1. The van der Waals surface area contributed by atoms with Crippen molar-refractivity contribution in [2.75, 3.05) is 6.61 Å². The lowest BCUT2D eigenvalue weighted by atomic mass is 9.91. The molecule has 1 saturated heterocycles. The summed E-state index contributed by atoms with van der Waals surface area (Å²) in [7, 11) is 0. The first kappa shape index (κ1) is 18.9. The molecule has 0 saturated carbocycles. The van der Waals surface area contributed by atoms with E-state index >= 15 is 0 Å². The maximum Gasteiger partial charge on any atom is 0.230 e. The zero-order chi connectivity index (χ0) is 20.2. The van der Waals surface area contributed by atoms with Crippen LogP contribution >= 0.6 is 0 Å². The van der Waals surface area contributed by atoms with Crippen LogP contribution in [0.25, 0.3) is 22.3 Å². The molecule has 0 spiro atoms. The first-order chi connectivity index (χ1) is 14.2. The highest BCUT2D eigenvalue weighted by Crippen LogP contribution is 2.42. The highest BCUT2D eigenvalue weighted by molar-refractivity contribution is 6.02. The second-order valence-electron chi connectivity index (χ2n) is 7.02. The molecule has 4 heteroatoms. The van der Waals surface area contributed by atoms with E-state index in [0.29, 0.717) is 6.61 Å². The van der Waals surface area contributed by atoms with Gasteiger partial charge in [0, 0.05) is 24.0 Å². The van der Waals surface area contributed by atoms with Crippen LogP contribution < -0.4 is 4.74 Å². The minimum atomic E-state index is -0.120. The molecule has 4 nitrogen and oxygen atoms in total.